The molecule has 0 unspecified atom stereocenters. The monoisotopic (exact) mass is 290 g/mol. The first-order valence-corrected chi connectivity index (χ1v) is 7.98. The predicted molar refractivity (Wildman–Crippen MR) is 80.2 cm³/mol. The molecule has 0 spiro atoms. The summed E-state index contributed by atoms with van der Waals surface area (Å²) in [5.41, 5.74) is 0.747. The zero-order valence-corrected chi connectivity index (χ0v) is 12.4. The van der Waals surface area contributed by atoms with Crippen molar-refractivity contribution in [2.45, 2.75) is 32.2 Å². The van der Waals surface area contributed by atoms with Crippen molar-refractivity contribution >= 4 is 5.91 Å². The van der Waals surface area contributed by atoms with Gasteiger partial charge in [0.15, 0.2) is 0 Å². The number of hydrogen-bond donors (Lipinski definition) is 0. The number of hydrogen-bond acceptors (Lipinski definition) is 2. The summed E-state index contributed by atoms with van der Waals surface area (Å²) >= 11 is 0. The number of rotatable bonds is 3. The van der Waals surface area contributed by atoms with E-state index in [4.69, 9.17) is 0 Å². The SMILES string of the molecule is O=C(C1CCC1)N1CCCN(Cc2ccccc2F)CC1. The van der Waals surface area contributed by atoms with Gasteiger partial charge < -0.3 is 4.90 Å². The van der Waals surface area contributed by atoms with Crippen LogP contribution in [0.5, 0.6) is 0 Å². The maximum atomic E-state index is 13.7. The van der Waals surface area contributed by atoms with E-state index < -0.39 is 0 Å². The Kier molecular flexibility index (Phi) is 4.54. The molecule has 1 aromatic rings. The van der Waals surface area contributed by atoms with Crippen molar-refractivity contribution in [2.24, 2.45) is 5.92 Å². The van der Waals surface area contributed by atoms with E-state index in [-0.39, 0.29) is 11.7 Å². The molecule has 1 saturated heterocycles. The second kappa shape index (κ2) is 6.56. The number of amides is 1. The lowest BCUT2D eigenvalue weighted by atomic mass is 9.84. The highest BCUT2D eigenvalue weighted by atomic mass is 19.1. The standard InChI is InChI=1S/C17H23FN2O/c18-16-8-2-1-5-15(16)13-19-9-4-10-20(12-11-19)17(21)14-6-3-7-14/h1-2,5,8,14H,3-4,6-7,9-13H2. The number of halogens is 1. The van der Waals surface area contributed by atoms with E-state index in [0.717, 1.165) is 51.0 Å². The van der Waals surface area contributed by atoms with Crippen LogP contribution in [0.2, 0.25) is 0 Å². The molecule has 2 aliphatic rings. The molecule has 2 fully saturated rings. The number of nitrogens with zero attached hydrogens (tertiary/aromatic N) is 2. The molecule has 1 aromatic carbocycles. The van der Waals surface area contributed by atoms with Gasteiger partial charge in [0, 0.05) is 44.2 Å². The summed E-state index contributed by atoms with van der Waals surface area (Å²) in [5, 5.41) is 0. The van der Waals surface area contributed by atoms with Crippen molar-refractivity contribution in [3.8, 4) is 0 Å². The van der Waals surface area contributed by atoms with Gasteiger partial charge >= 0.3 is 0 Å². The average molecular weight is 290 g/mol. The lowest BCUT2D eigenvalue weighted by Crippen LogP contribution is -2.41. The van der Waals surface area contributed by atoms with Gasteiger partial charge in [-0.1, -0.05) is 24.6 Å². The van der Waals surface area contributed by atoms with Crippen molar-refractivity contribution in [3.63, 3.8) is 0 Å². The first-order valence-electron chi connectivity index (χ1n) is 7.98. The second-order valence-corrected chi connectivity index (χ2v) is 6.17. The molecular weight excluding hydrogens is 267 g/mol. The van der Waals surface area contributed by atoms with Crippen LogP contribution in [0.4, 0.5) is 4.39 Å². The summed E-state index contributed by atoms with van der Waals surface area (Å²) in [6.07, 6.45) is 4.30. The molecule has 1 aliphatic carbocycles. The van der Waals surface area contributed by atoms with E-state index in [9.17, 15) is 9.18 Å². The van der Waals surface area contributed by atoms with Gasteiger partial charge in [0.05, 0.1) is 0 Å². The van der Waals surface area contributed by atoms with Crippen LogP contribution in [0, 0.1) is 11.7 Å². The van der Waals surface area contributed by atoms with Gasteiger partial charge in [-0.25, -0.2) is 4.39 Å². The Bertz CT molecular complexity index is 501. The van der Waals surface area contributed by atoms with Gasteiger partial charge in [-0.3, -0.25) is 9.69 Å². The minimum absolute atomic E-state index is 0.135. The molecule has 114 valence electrons. The first-order chi connectivity index (χ1) is 10.2. The number of carbonyl (C=O) groups is 1. The molecule has 0 aromatic heterocycles. The summed E-state index contributed by atoms with van der Waals surface area (Å²) in [6.45, 7) is 4.04. The number of carbonyl (C=O) groups excluding carboxylic acids is 1. The smallest absolute Gasteiger partial charge is 0.225 e. The molecule has 21 heavy (non-hydrogen) atoms. The van der Waals surface area contributed by atoms with E-state index >= 15 is 0 Å². The Balaban J connectivity index is 1.55. The summed E-state index contributed by atoms with van der Waals surface area (Å²) in [7, 11) is 0. The van der Waals surface area contributed by atoms with Crippen LogP contribution in [0.25, 0.3) is 0 Å². The highest BCUT2D eigenvalue weighted by molar-refractivity contribution is 5.79. The van der Waals surface area contributed by atoms with E-state index in [2.05, 4.69) is 4.90 Å². The van der Waals surface area contributed by atoms with E-state index in [1.807, 2.05) is 17.0 Å². The zero-order valence-electron chi connectivity index (χ0n) is 12.4. The van der Waals surface area contributed by atoms with E-state index in [1.54, 1.807) is 6.07 Å². The molecular formula is C17H23FN2O. The summed E-state index contributed by atoms with van der Waals surface area (Å²) in [4.78, 5) is 16.6. The predicted octanol–water partition coefficient (Wildman–Crippen LogP) is 2.66. The first kappa shape index (κ1) is 14.5. The highest BCUT2D eigenvalue weighted by Crippen LogP contribution is 2.28. The lowest BCUT2D eigenvalue weighted by molar-refractivity contribution is -0.138. The quantitative estimate of drug-likeness (QED) is 0.854. The molecule has 1 heterocycles. The Morgan fingerprint density at radius 2 is 1.90 bits per heavy atom. The van der Waals surface area contributed by atoms with E-state index in [1.165, 1.54) is 12.5 Å². The molecule has 1 amide bonds. The maximum Gasteiger partial charge on any atom is 0.225 e. The third-order valence-electron chi connectivity index (χ3n) is 4.71. The van der Waals surface area contributed by atoms with Gasteiger partial charge in [0.2, 0.25) is 5.91 Å². The molecule has 0 atom stereocenters. The average Bonchev–Trinajstić information content (AvgIpc) is 2.65. The van der Waals surface area contributed by atoms with Crippen LogP contribution < -0.4 is 0 Å². The topological polar surface area (TPSA) is 23.6 Å². The lowest BCUT2D eigenvalue weighted by Gasteiger charge is -2.31. The van der Waals surface area contributed by atoms with Crippen molar-refractivity contribution < 1.29 is 9.18 Å². The van der Waals surface area contributed by atoms with Crippen LogP contribution in [0.1, 0.15) is 31.2 Å². The normalized spacial score (nSPS) is 20.9. The van der Waals surface area contributed by atoms with Crippen LogP contribution >= 0.6 is 0 Å². The Hall–Kier alpha value is -1.42. The largest absolute Gasteiger partial charge is 0.341 e. The zero-order chi connectivity index (χ0) is 14.7. The van der Waals surface area contributed by atoms with Crippen molar-refractivity contribution in [3.05, 3.63) is 35.6 Å². The minimum atomic E-state index is -0.135. The van der Waals surface area contributed by atoms with Gasteiger partial charge in [0.1, 0.15) is 5.82 Å². The molecule has 0 N–H and O–H groups in total. The summed E-state index contributed by atoms with van der Waals surface area (Å²) < 4.78 is 13.7. The van der Waals surface area contributed by atoms with Crippen molar-refractivity contribution in [2.75, 3.05) is 26.2 Å². The fraction of sp³-hybridized carbons (Fsp3) is 0.588. The Morgan fingerprint density at radius 3 is 2.62 bits per heavy atom. The van der Waals surface area contributed by atoms with Crippen LogP contribution in [0.15, 0.2) is 24.3 Å². The van der Waals surface area contributed by atoms with Gasteiger partial charge in [-0.15, -0.1) is 0 Å². The fourth-order valence-electron chi connectivity index (χ4n) is 3.13. The second-order valence-electron chi connectivity index (χ2n) is 6.17. The molecule has 3 nitrogen and oxygen atoms in total. The number of benzene rings is 1. The molecule has 1 saturated carbocycles. The Morgan fingerprint density at radius 1 is 1.10 bits per heavy atom. The molecule has 3 rings (SSSR count). The summed E-state index contributed by atoms with van der Waals surface area (Å²) in [5.74, 6) is 0.487. The van der Waals surface area contributed by atoms with Gasteiger partial charge in [0.25, 0.3) is 0 Å². The molecule has 0 bridgehead atoms. The van der Waals surface area contributed by atoms with Crippen LogP contribution in [0.3, 0.4) is 0 Å². The van der Waals surface area contributed by atoms with Gasteiger partial charge in [-0.2, -0.15) is 0 Å². The third-order valence-corrected chi connectivity index (χ3v) is 4.71. The molecule has 0 radical (unpaired) electrons. The highest BCUT2D eigenvalue weighted by Gasteiger charge is 2.30. The molecule has 4 heteroatoms. The van der Waals surface area contributed by atoms with Crippen molar-refractivity contribution in [1.82, 2.24) is 9.80 Å². The van der Waals surface area contributed by atoms with Gasteiger partial charge in [-0.05, 0) is 25.3 Å². The summed E-state index contributed by atoms with van der Waals surface area (Å²) in [6, 6.07) is 6.96. The van der Waals surface area contributed by atoms with Crippen molar-refractivity contribution in [1.29, 1.82) is 0 Å². The third kappa shape index (κ3) is 3.43. The fourth-order valence-corrected chi connectivity index (χ4v) is 3.13. The molecule has 1 aliphatic heterocycles. The van der Waals surface area contributed by atoms with E-state index in [0.29, 0.717) is 12.5 Å². The minimum Gasteiger partial charge on any atom is -0.341 e. The maximum absolute atomic E-state index is 13.7. The van der Waals surface area contributed by atoms with Crippen LogP contribution in [-0.4, -0.2) is 41.9 Å². The van der Waals surface area contributed by atoms with Crippen LogP contribution in [-0.2, 0) is 11.3 Å². The Labute approximate surface area is 125 Å².